The van der Waals surface area contributed by atoms with E-state index in [0.29, 0.717) is 6.42 Å². The normalized spacial score (nSPS) is 13.6. The molecule has 1 atom stereocenters. The number of nitrogens with two attached hydrogens (primary N) is 1. The number of nitrogens with one attached hydrogen (secondary N) is 1. The molecule has 2 aromatic heterocycles. The van der Waals surface area contributed by atoms with Crippen LogP contribution in [0.15, 0.2) is 28.2 Å². The Balaban J connectivity index is 2.13. The average Bonchev–Trinajstić information content (AvgIpc) is 2.88. The quantitative estimate of drug-likeness (QED) is 0.861. The SMILES string of the molecule is CC(Cc1ccsc1)NS(=O)(=O)c1c(N)ncn1C. The maximum atomic E-state index is 12.2. The van der Waals surface area contributed by atoms with E-state index in [4.69, 9.17) is 5.73 Å². The molecule has 2 rings (SSSR count). The second-order valence-electron chi connectivity index (χ2n) is 4.40. The molecule has 0 amide bonds. The number of anilines is 1. The molecule has 0 aliphatic rings. The third-order valence-electron chi connectivity index (χ3n) is 2.64. The first-order valence-electron chi connectivity index (χ1n) is 5.70. The molecule has 0 spiro atoms. The van der Waals surface area contributed by atoms with Gasteiger partial charge in [0, 0.05) is 13.1 Å². The van der Waals surface area contributed by atoms with Crippen LogP contribution in [0.4, 0.5) is 5.82 Å². The minimum atomic E-state index is -3.65. The minimum Gasteiger partial charge on any atom is -0.381 e. The lowest BCUT2D eigenvalue weighted by atomic mass is 10.1. The maximum absolute atomic E-state index is 12.2. The van der Waals surface area contributed by atoms with Crippen LogP contribution in [0.3, 0.4) is 0 Å². The fourth-order valence-corrected chi connectivity index (χ4v) is 4.05. The van der Waals surface area contributed by atoms with Gasteiger partial charge < -0.3 is 10.3 Å². The minimum absolute atomic E-state index is 0.00432. The van der Waals surface area contributed by atoms with E-state index in [1.54, 1.807) is 18.4 Å². The van der Waals surface area contributed by atoms with Gasteiger partial charge in [0.05, 0.1) is 6.33 Å². The second-order valence-corrected chi connectivity index (χ2v) is 6.81. The molecule has 0 saturated heterocycles. The Bertz CT molecular complexity index is 627. The third kappa shape index (κ3) is 3.14. The van der Waals surface area contributed by atoms with Crippen molar-refractivity contribution in [3.63, 3.8) is 0 Å². The largest absolute Gasteiger partial charge is 0.381 e. The Hall–Kier alpha value is -1.38. The van der Waals surface area contributed by atoms with Crippen molar-refractivity contribution >= 4 is 27.2 Å². The van der Waals surface area contributed by atoms with Crippen LogP contribution in [0, 0.1) is 0 Å². The number of aromatic nitrogens is 2. The van der Waals surface area contributed by atoms with Crippen LogP contribution in [0.1, 0.15) is 12.5 Å². The zero-order chi connectivity index (χ0) is 14.0. The van der Waals surface area contributed by atoms with Crippen molar-refractivity contribution in [2.24, 2.45) is 7.05 Å². The van der Waals surface area contributed by atoms with Crippen LogP contribution in [-0.2, 0) is 23.5 Å². The van der Waals surface area contributed by atoms with Crippen molar-refractivity contribution in [3.8, 4) is 0 Å². The first-order valence-corrected chi connectivity index (χ1v) is 8.13. The van der Waals surface area contributed by atoms with Gasteiger partial charge >= 0.3 is 0 Å². The topological polar surface area (TPSA) is 90.0 Å². The van der Waals surface area contributed by atoms with E-state index in [0.717, 1.165) is 5.56 Å². The molecule has 0 radical (unpaired) electrons. The van der Waals surface area contributed by atoms with E-state index in [2.05, 4.69) is 9.71 Å². The smallest absolute Gasteiger partial charge is 0.260 e. The summed E-state index contributed by atoms with van der Waals surface area (Å²) >= 11 is 1.59. The fraction of sp³-hybridized carbons (Fsp3) is 0.364. The number of sulfonamides is 1. The Labute approximate surface area is 116 Å². The Morgan fingerprint density at radius 1 is 1.58 bits per heavy atom. The number of rotatable bonds is 5. The van der Waals surface area contributed by atoms with Crippen LogP contribution in [0.2, 0.25) is 0 Å². The molecule has 104 valence electrons. The summed E-state index contributed by atoms with van der Waals surface area (Å²) in [5.41, 5.74) is 6.70. The zero-order valence-corrected chi connectivity index (χ0v) is 12.3. The Kier molecular flexibility index (Phi) is 3.93. The van der Waals surface area contributed by atoms with Gasteiger partial charge in [0.1, 0.15) is 0 Å². The molecule has 0 saturated carbocycles. The van der Waals surface area contributed by atoms with Gasteiger partial charge in [0.25, 0.3) is 10.0 Å². The number of thiophene rings is 1. The zero-order valence-electron chi connectivity index (χ0n) is 10.7. The molecule has 3 N–H and O–H groups in total. The highest BCUT2D eigenvalue weighted by molar-refractivity contribution is 7.89. The number of aryl methyl sites for hydroxylation is 1. The summed E-state index contributed by atoms with van der Waals surface area (Å²) in [4.78, 5) is 3.79. The van der Waals surface area contributed by atoms with E-state index in [9.17, 15) is 8.42 Å². The lowest BCUT2D eigenvalue weighted by Gasteiger charge is -2.14. The molecule has 1 unspecified atom stereocenters. The molecule has 0 aromatic carbocycles. The molecule has 2 heterocycles. The highest BCUT2D eigenvalue weighted by Gasteiger charge is 2.24. The standard InChI is InChI=1S/C11H16N4O2S2/c1-8(5-9-3-4-18-6-9)14-19(16,17)11-10(12)13-7-15(11)2/h3-4,6-8,14H,5,12H2,1-2H3. The lowest BCUT2D eigenvalue weighted by Crippen LogP contribution is -2.35. The summed E-state index contributed by atoms with van der Waals surface area (Å²) in [7, 11) is -2.05. The molecule has 2 aromatic rings. The Morgan fingerprint density at radius 2 is 2.32 bits per heavy atom. The number of hydrogen-bond acceptors (Lipinski definition) is 5. The van der Waals surface area contributed by atoms with Crippen LogP contribution in [0.5, 0.6) is 0 Å². The van der Waals surface area contributed by atoms with Gasteiger partial charge in [-0.2, -0.15) is 11.3 Å². The van der Waals surface area contributed by atoms with Crippen molar-refractivity contribution in [2.45, 2.75) is 24.4 Å². The van der Waals surface area contributed by atoms with Crippen molar-refractivity contribution < 1.29 is 8.42 Å². The number of nitrogen functional groups attached to an aromatic ring is 1. The summed E-state index contributed by atoms with van der Waals surface area (Å²) in [6, 6.07) is 1.77. The third-order valence-corrected chi connectivity index (χ3v) is 5.09. The summed E-state index contributed by atoms with van der Waals surface area (Å²) < 4.78 is 28.5. The highest BCUT2D eigenvalue weighted by Crippen LogP contribution is 2.16. The summed E-state index contributed by atoms with van der Waals surface area (Å²) in [5, 5.41) is 3.98. The maximum Gasteiger partial charge on any atom is 0.260 e. The molecule has 0 aliphatic carbocycles. The van der Waals surface area contributed by atoms with Gasteiger partial charge in [-0.25, -0.2) is 18.1 Å². The van der Waals surface area contributed by atoms with E-state index >= 15 is 0 Å². The molecule has 19 heavy (non-hydrogen) atoms. The first kappa shape index (κ1) is 14.0. The van der Waals surface area contributed by atoms with E-state index in [1.165, 1.54) is 10.9 Å². The van der Waals surface area contributed by atoms with E-state index in [-0.39, 0.29) is 16.9 Å². The number of hydrogen-bond donors (Lipinski definition) is 2. The van der Waals surface area contributed by atoms with E-state index in [1.807, 2.05) is 23.8 Å². The molecule has 0 fully saturated rings. The van der Waals surface area contributed by atoms with Gasteiger partial charge in [0.2, 0.25) is 0 Å². The first-order chi connectivity index (χ1) is 8.90. The highest BCUT2D eigenvalue weighted by atomic mass is 32.2. The van der Waals surface area contributed by atoms with Gasteiger partial charge in [-0.05, 0) is 35.7 Å². The molecular weight excluding hydrogens is 284 g/mol. The van der Waals surface area contributed by atoms with Crippen molar-refractivity contribution in [1.29, 1.82) is 0 Å². The fourth-order valence-electron chi connectivity index (χ4n) is 1.89. The van der Waals surface area contributed by atoms with Crippen LogP contribution in [-0.4, -0.2) is 24.0 Å². The second kappa shape index (κ2) is 5.32. The summed E-state index contributed by atoms with van der Waals surface area (Å²) in [5.74, 6) is 0.0118. The van der Waals surface area contributed by atoms with Gasteiger partial charge in [0.15, 0.2) is 10.8 Å². The van der Waals surface area contributed by atoms with Crippen LogP contribution < -0.4 is 10.5 Å². The van der Waals surface area contributed by atoms with Crippen molar-refractivity contribution in [2.75, 3.05) is 5.73 Å². The van der Waals surface area contributed by atoms with Crippen LogP contribution >= 0.6 is 11.3 Å². The summed E-state index contributed by atoms with van der Waals surface area (Å²) in [6.07, 6.45) is 2.02. The van der Waals surface area contributed by atoms with Gasteiger partial charge in [-0.1, -0.05) is 0 Å². The lowest BCUT2D eigenvalue weighted by molar-refractivity contribution is 0.551. The monoisotopic (exact) mass is 300 g/mol. The molecule has 8 heteroatoms. The number of nitrogens with zero attached hydrogens (tertiary/aromatic N) is 2. The predicted octanol–water partition coefficient (Wildman–Crippen LogP) is 0.973. The van der Waals surface area contributed by atoms with E-state index < -0.39 is 10.0 Å². The van der Waals surface area contributed by atoms with Crippen molar-refractivity contribution in [3.05, 3.63) is 28.7 Å². The number of imidazole rings is 1. The molecule has 0 aliphatic heterocycles. The average molecular weight is 300 g/mol. The molecule has 0 bridgehead atoms. The predicted molar refractivity (Wildman–Crippen MR) is 75.4 cm³/mol. The van der Waals surface area contributed by atoms with Gasteiger partial charge in [-0.3, -0.25) is 0 Å². The van der Waals surface area contributed by atoms with Crippen LogP contribution in [0.25, 0.3) is 0 Å². The molecular formula is C11H16N4O2S2. The van der Waals surface area contributed by atoms with Gasteiger partial charge in [-0.15, -0.1) is 0 Å². The molecule has 6 nitrogen and oxygen atoms in total. The van der Waals surface area contributed by atoms with Crippen molar-refractivity contribution in [1.82, 2.24) is 14.3 Å². The Morgan fingerprint density at radius 3 is 2.84 bits per heavy atom. The summed E-state index contributed by atoms with van der Waals surface area (Å²) in [6.45, 7) is 1.82.